The summed E-state index contributed by atoms with van der Waals surface area (Å²) in [5.74, 6) is 0.0790. The molecule has 0 spiro atoms. The van der Waals surface area contributed by atoms with Crippen molar-refractivity contribution in [1.82, 2.24) is 0 Å². The topological polar surface area (TPSA) is 43.4 Å². The molecule has 0 N–H and O–H groups in total. The molecule has 0 radical (unpaired) electrons. The van der Waals surface area contributed by atoms with Crippen LogP contribution in [0.4, 0.5) is 0 Å². The van der Waals surface area contributed by atoms with Crippen LogP contribution in [0.2, 0.25) is 0 Å². The van der Waals surface area contributed by atoms with Crippen LogP contribution in [0.15, 0.2) is 0 Å². The normalized spacial score (nSPS) is 12.1. The molecule has 0 aromatic carbocycles. The molecular weight excluding hydrogens is 252 g/mol. The fourth-order valence-corrected chi connectivity index (χ4v) is 2.17. The largest absolute Gasteiger partial charge is 0.465 e. The van der Waals surface area contributed by atoms with Gasteiger partial charge in [-0.1, -0.05) is 58.8 Å². The van der Waals surface area contributed by atoms with Crippen LogP contribution in [-0.4, -0.2) is 18.9 Å². The van der Waals surface area contributed by atoms with Crippen molar-refractivity contribution in [3.8, 4) is 0 Å². The first-order valence-corrected chi connectivity index (χ1v) is 8.33. The van der Waals surface area contributed by atoms with Crippen LogP contribution in [0.1, 0.15) is 84.5 Å². The molecule has 0 aromatic rings. The summed E-state index contributed by atoms with van der Waals surface area (Å²) < 4.78 is 5.21. The number of hydrogen-bond acceptors (Lipinski definition) is 3. The minimum atomic E-state index is -0.111. The van der Waals surface area contributed by atoms with Gasteiger partial charge in [-0.25, -0.2) is 0 Å². The van der Waals surface area contributed by atoms with E-state index in [0.717, 1.165) is 25.5 Å². The van der Waals surface area contributed by atoms with Crippen molar-refractivity contribution in [1.29, 1.82) is 0 Å². The van der Waals surface area contributed by atoms with E-state index < -0.39 is 0 Å². The maximum absolute atomic E-state index is 11.5. The smallest absolute Gasteiger partial charge is 0.305 e. The fourth-order valence-electron chi connectivity index (χ4n) is 2.17. The summed E-state index contributed by atoms with van der Waals surface area (Å²) in [5.41, 5.74) is 0. The number of aldehydes is 1. The molecule has 0 bridgehead atoms. The average molecular weight is 284 g/mol. The molecule has 0 unspecified atom stereocenters. The number of carbonyl (C=O) groups excluding carboxylic acids is 2. The van der Waals surface area contributed by atoms with Crippen LogP contribution < -0.4 is 0 Å². The van der Waals surface area contributed by atoms with Crippen molar-refractivity contribution in [3.05, 3.63) is 0 Å². The Balaban J connectivity index is 3.38. The Hall–Kier alpha value is -0.860. The Morgan fingerprint density at radius 3 is 2.15 bits per heavy atom. The third kappa shape index (κ3) is 12.2. The molecule has 20 heavy (non-hydrogen) atoms. The lowest BCUT2D eigenvalue weighted by molar-refractivity contribution is -0.145. The van der Waals surface area contributed by atoms with E-state index in [1.165, 1.54) is 38.5 Å². The van der Waals surface area contributed by atoms with Crippen molar-refractivity contribution in [3.63, 3.8) is 0 Å². The number of rotatable bonds is 14. The zero-order valence-electron chi connectivity index (χ0n) is 13.4. The number of esters is 1. The molecule has 0 amide bonds. The van der Waals surface area contributed by atoms with Crippen molar-refractivity contribution < 1.29 is 14.3 Å². The molecule has 0 saturated carbocycles. The predicted octanol–water partition coefficient (Wildman–Crippen LogP) is 4.68. The van der Waals surface area contributed by atoms with Crippen molar-refractivity contribution in [2.45, 2.75) is 84.5 Å². The van der Waals surface area contributed by atoms with E-state index in [9.17, 15) is 9.59 Å². The molecule has 0 saturated heterocycles. The zero-order valence-corrected chi connectivity index (χ0v) is 13.4. The molecule has 118 valence electrons. The molecule has 3 nitrogen and oxygen atoms in total. The molecular formula is C17H32O3. The lowest BCUT2D eigenvalue weighted by Crippen LogP contribution is -2.14. The fraction of sp³-hybridized carbons (Fsp3) is 0.882. The molecule has 0 aliphatic rings. The molecule has 0 aliphatic heterocycles. The first-order chi connectivity index (χ1) is 9.74. The van der Waals surface area contributed by atoms with Crippen LogP contribution in [0.25, 0.3) is 0 Å². The van der Waals surface area contributed by atoms with Gasteiger partial charge >= 0.3 is 5.97 Å². The molecule has 0 rings (SSSR count). The monoisotopic (exact) mass is 284 g/mol. The van der Waals surface area contributed by atoms with E-state index >= 15 is 0 Å². The van der Waals surface area contributed by atoms with Gasteiger partial charge in [0.1, 0.15) is 6.29 Å². The Morgan fingerprint density at radius 2 is 1.60 bits per heavy atom. The van der Waals surface area contributed by atoms with E-state index in [1.54, 1.807) is 0 Å². The lowest BCUT2D eigenvalue weighted by atomic mass is 10.1. The summed E-state index contributed by atoms with van der Waals surface area (Å²) in [6, 6.07) is 0. The van der Waals surface area contributed by atoms with Crippen LogP contribution in [0, 0.1) is 5.92 Å². The maximum Gasteiger partial charge on any atom is 0.305 e. The third-order valence-corrected chi connectivity index (χ3v) is 3.72. The highest BCUT2D eigenvalue weighted by Crippen LogP contribution is 2.11. The summed E-state index contributed by atoms with van der Waals surface area (Å²) in [6.07, 6.45) is 12.6. The first kappa shape index (κ1) is 19.1. The van der Waals surface area contributed by atoms with Gasteiger partial charge < -0.3 is 9.53 Å². The molecule has 3 heteroatoms. The van der Waals surface area contributed by atoms with Crippen LogP contribution in [0.5, 0.6) is 0 Å². The van der Waals surface area contributed by atoms with E-state index in [2.05, 4.69) is 6.92 Å². The Kier molecular flexibility index (Phi) is 13.9. The highest BCUT2D eigenvalue weighted by molar-refractivity contribution is 5.69. The van der Waals surface area contributed by atoms with Crippen LogP contribution in [-0.2, 0) is 14.3 Å². The van der Waals surface area contributed by atoms with Crippen molar-refractivity contribution in [2.75, 3.05) is 6.61 Å². The van der Waals surface area contributed by atoms with E-state index in [4.69, 9.17) is 4.74 Å². The second-order valence-corrected chi connectivity index (χ2v) is 5.58. The summed E-state index contributed by atoms with van der Waals surface area (Å²) in [6.45, 7) is 4.63. The molecule has 0 fully saturated rings. The summed E-state index contributed by atoms with van der Waals surface area (Å²) >= 11 is 0. The zero-order chi connectivity index (χ0) is 15.1. The minimum Gasteiger partial charge on any atom is -0.465 e. The SMILES string of the molecule is CCCCCCCCCCC(=O)OC[C@@H](CC)CC=O. The molecule has 0 aliphatic carbocycles. The third-order valence-electron chi connectivity index (χ3n) is 3.72. The Morgan fingerprint density at radius 1 is 1.00 bits per heavy atom. The van der Waals surface area contributed by atoms with E-state index in [1.807, 2.05) is 6.92 Å². The first-order valence-electron chi connectivity index (χ1n) is 8.33. The number of hydrogen-bond donors (Lipinski definition) is 0. The maximum atomic E-state index is 11.5. The summed E-state index contributed by atoms with van der Waals surface area (Å²) in [7, 11) is 0. The second-order valence-electron chi connectivity index (χ2n) is 5.58. The number of ether oxygens (including phenoxy) is 1. The summed E-state index contributed by atoms with van der Waals surface area (Å²) in [5, 5.41) is 0. The van der Waals surface area contributed by atoms with Crippen molar-refractivity contribution in [2.24, 2.45) is 5.92 Å². The van der Waals surface area contributed by atoms with Gasteiger partial charge in [0.2, 0.25) is 0 Å². The number of unbranched alkanes of at least 4 members (excludes halogenated alkanes) is 7. The van der Waals surface area contributed by atoms with Crippen molar-refractivity contribution >= 4 is 12.3 Å². The Bertz CT molecular complexity index is 238. The second kappa shape index (κ2) is 14.5. The quantitative estimate of drug-likeness (QED) is 0.264. The predicted molar refractivity (Wildman–Crippen MR) is 82.6 cm³/mol. The van der Waals surface area contributed by atoms with Gasteiger partial charge in [-0.15, -0.1) is 0 Å². The van der Waals surface area contributed by atoms with Gasteiger partial charge in [0.15, 0.2) is 0 Å². The van der Waals surface area contributed by atoms with Crippen LogP contribution in [0.3, 0.4) is 0 Å². The molecule has 0 aromatic heterocycles. The highest BCUT2D eigenvalue weighted by Gasteiger charge is 2.09. The van der Waals surface area contributed by atoms with E-state index in [-0.39, 0.29) is 11.9 Å². The van der Waals surface area contributed by atoms with Gasteiger partial charge in [0.25, 0.3) is 0 Å². The van der Waals surface area contributed by atoms with Gasteiger partial charge in [0.05, 0.1) is 6.61 Å². The average Bonchev–Trinajstić information content (AvgIpc) is 2.46. The summed E-state index contributed by atoms with van der Waals surface area (Å²) in [4.78, 5) is 21.9. The standard InChI is InChI=1S/C17H32O3/c1-3-5-6-7-8-9-10-11-12-17(19)20-15-16(4-2)13-14-18/h14,16H,3-13,15H2,1-2H3/t16-/m0/s1. The van der Waals surface area contributed by atoms with E-state index in [0.29, 0.717) is 19.4 Å². The lowest BCUT2D eigenvalue weighted by Gasteiger charge is -2.11. The minimum absolute atomic E-state index is 0.111. The Labute approximate surface area is 124 Å². The van der Waals surface area contributed by atoms with Gasteiger partial charge in [-0.05, 0) is 18.8 Å². The number of carbonyl (C=O) groups is 2. The van der Waals surface area contributed by atoms with Gasteiger partial charge in [-0.3, -0.25) is 4.79 Å². The van der Waals surface area contributed by atoms with Gasteiger partial charge in [-0.2, -0.15) is 0 Å². The molecule has 0 heterocycles. The van der Waals surface area contributed by atoms with Crippen LogP contribution >= 0.6 is 0 Å². The molecule has 1 atom stereocenters. The highest BCUT2D eigenvalue weighted by atomic mass is 16.5. The van der Waals surface area contributed by atoms with Gasteiger partial charge in [0, 0.05) is 12.8 Å².